The zero-order valence-corrected chi connectivity index (χ0v) is 13.4. The van der Waals surface area contributed by atoms with Gasteiger partial charge in [-0.15, -0.1) is 11.3 Å². The second-order valence-electron chi connectivity index (χ2n) is 6.94. The molecule has 2 fully saturated rings. The number of aliphatic hydroxyl groups is 1. The Bertz CT molecular complexity index is 486. The topological polar surface area (TPSA) is 44.0 Å². The van der Waals surface area contributed by atoms with Crippen LogP contribution in [0.15, 0.2) is 17.5 Å². The Kier molecular flexibility index (Phi) is 4.66. The van der Waals surface area contributed by atoms with E-state index in [4.69, 9.17) is 5.26 Å². The van der Waals surface area contributed by atoms with Crippen molar-refractivity contribution in [1.82, 2.24) is 0 Å². The van der Waals surface area contributed by atoms with Crippen molar-refractivity contribution in [2.75, 3.05) is 0 Å². The van der Waals surface area contributed by atoms with Crippen LogP contribution >= 0.6 is 11.3 Å². The molecule has 0 spiro atoms. The van der Waals surface area contributed by atoms with Crippen LogP contribution in [0, 0.1) is 23.2 Å². The Hall–Kier alpha value is -0.850. The highest BCUT2D eigenvalue weighted by molar-refractivity contribution is 7.10. The molecule has 1 heterocycles. The van der Waals surface area contributed by atoms with Gasteiger partial charge in [-0.1, -0.05) is 25.3 Å². The van der Waals surface area contributed by atoms with Crippen molar-refractivity contribution in [1.29, 1.82) is 5.26 Å². The van der Waals surface area contributed by atoms with Crippen molar-refractivity contribution < 1.29 is 5.11 Å². The van der Waals surface area contributed by atoms with Gasteiger partial charge in [-0.3, -0.25) is 0 Å². The molecule has 1 aromatic rings. The largest absolute Gasteiger partial charge is 0.392 e. The molecular formula is C18H25NOS. The molecule has 2 saturated carbocycles. The van der Waals surface area contributed by atoms with Crippen LogP contribution in [0.5, 0.6) is 0 Å². The zero-order valence-electron chi connectivity index (χ0n) is 12.6. The summed E-state index contributed by atoms with van der Waals surface area (Å²) in [5.74, 6) is 1.02. The molecule has 0 saturated heterocycles. The number of nitrogens with zero attached hydrogens (tertiary/aromatic N) is 1. The Labute approximate surface area is 131 Å². The fourth-order valence-electron chi connectivity index (χ4n) is 4.19. The third-order valence-electron chi connectivity index (χ3n) is 5.71. The SMILES string of the molecule is N#C[C@@H]1CC[C@H](CCCC(O)C2(c3cccs3)CCC2)C1. The maximum Gasteiger partial charge on any atom is 0.0655 e. The summed E-state index contributed by atoms with van der Waals surface area (Å²) in [6.45, 7) is 0. The highest BCUT2D eigenvalue weighted by atomic mass is 32.1. The van der Waals surface area contributed by atoms with E-state index >= 15 is 0 Å². The van der Waals surface area contributed by atoms with E-state index < -0.39 is 0 Å². The van der Waals surface area contributed by atoms with Gasteiger partial charge in [0.25, 0.3) is 0 Å². The Morgan fingerprint density at radius 3 is 2.86 bits per heavy atom. The smallest absolute Gasteiger partial charge is 0.0655 e. The molecule has 0 bridgehead atoms. The summed E-state index contributed by atoms with van der Waals surface area (Å²) in [5, 5.41) is 21.8. The first-order chi connectivity index (χ1) is 10.2. The van der Waals surface area contributed by atoms with E-state index in [1.165, 1.54) is 24.1 Å². The van der Waals surface area contributed by atoms with Gasteiger partial charge in [0.1, 0.15) is 0 Å². The van der Waals surface area contributed by atoms with Crippen LogP contribution in [0.1, 0.15) is 62.7 Å². The molecule has 21 heavy (non-hydrogen) atoms. The maximum atomic E-state index is 10.7. The lowest BCUT2D eigenvalue weighted by Gasteiger charge is -2.45. The zero-order chi connectivity index (χ0) is 14.7. The Morgan fingerprint density at radius 1 is 1.43 bits per heavy atom. The van der Waals surface area contributed by atoms with Crippen molar-refractivity contribution >= 4 is 11.3 Å². The number of aliphatic hydroxyl groups excluding tert-OH is 1. The van der Waals surface area contributed by atoms with Gasteiger partial charge in [0, 0.05) is 16.2 Å². The average molecular weight is 303 g/mol. The Morgan fingerprint density at radius 2 is 2.29 bits per heavy atom. The molecule has 0 radical (unpaired) electrons. The van der Waals surface area contributed by atoms with E-state index in [1.807, 2.05) is 0 Å². The molecule has 3 heteroatoms. The van der Waals surface area contributed by atoms with Gasteiger partial charge in [-0.25, -0.2) is 0 Å². The predicted octanol–water partition coefficient (Wildman–Crippen LogP) is 4.64. The van der Waals surface area contributed by atoms with E-state index in [-0.39, 0.29) is 11.5 Å². The molecule has 2 aliphatic rings. The van der Waals surface area contributed by atoms with Crippen LogP contribution in [0.2, 0.25) is 0 Å². The Balaban J connectivity index is 1.48. The van der Waals surface area contributed by atoms with Crippen LogP contribution in [0.25, 0.3) is 0 Å². The molecule has 114 valence electrons. The summed E-state index contributed by atoms with van der Waals surface area (Å²) < 4.78 is 0. The number of hydrogen-bond donors (Lipinski definition) is 1. The molecule has 3 rings (SSSR count). The number of rotatable bonds is 6. The highest BCUT2D eigenvalue weighted by Gasteiger charge is 2.45. The molecule has 2 nitrogen and oxygen atoms in total. The summed E-state index contributed by atoms with van der Waals surface area (Å²) in [6.07, 6.45) is 9.97. The van der Waals surface area contributed by atoms with Crippen LogP contribution in [-0.2, 0) is 5.41 Å². The normalized spacial score (nSPS) is 28.8. The lowest BCUT2D eigenvalue weighted by Crippen LogP contribution is -2.44. The predicted molar refractivity (Wildman–Crippen MR) is 86.1 cm³/mol. The monoisotopic (exact) mass is 303 g/mol. The van der Waals surface area contributed by atoms with Crippen LogP contribution in [0.4, 0.5) is 0 Å². The van der Waals surface area contributed by atoms with Crippen molar-refractivity contribution in [3.63, 3.8) is 0 Å². The first-order valence-corrected chi connectivity index (χ1v) is 9.24. The van der Waals surface area contributed by atoms with E-state index in [2.05, 4.69) is 23.6 Å². The van der Waals surface area contributed by atoms with Crippen LogP contribution < -0.4 is 0 Å². The lowest BCUT2D eigenvalue weighted by molar-refractivity contribution is 0.0221. The quantitative estimate of drug-likeness (QED) is 0.832. The minimum atomic E-state index is -0.182. The molecule has 0 aliphatic heterocycles. The summed E-state index contributed by atoms with van der Waals surface area (Å²) >= 11 is 1.80. The summed E-state index contributed by atoms with van der Waals surface area (Å²) in [4.78, 5) is 1.38. The molecule has 3 atom stereocenters. The minimum Gasteiger partial charge on any atom is -0.392 e. The molecule has 1 unspecified atom stereocenters. The molecule has 1 aromatic heterocycles. The highest BCUT2D eigenvalue weighted by Crippen LogP contribution is 2.49. The van der Waals surface area contributed by atoms with Gasteiger partial charge in [0.15, 0.2) is 0 Å². The maximum absolute atomic E-state index is 10.7. The van der Waals surface area contributed by atoms with E-state index in [0.717, 1.165) is 44.4 Å². The van der Waals surface area contributed by atoms with Crippen molar-refractivity contribution in [3.8, 4) is 6.07 Å². The van der Waals surface area contributed by atoms with Gasteiger partial charge in [0.2, 0.25) is 0 Å². The average Bonchev–Trinajstić information content (AvgIpc) is 3.09. The van der Waals surface area contributed by atoms with Crippen molar-refractivity contribution in [2.24, 2.45) is 11.8 Å². The van der Waals surface area contributed by atoms with Crippen LogP contribution in [0.3, 0.4) is 0 Å². The minimum absolute atomic E-state index is 0.0685. The third kappa shape index (κ3) is 3.03. The fraction of sp³-hybridized carbons (Fsp3) is 0.722. The number of thiophene rings is 1. The van der Waals surface area contributed by atoms with Gasteiger partial charge >= 0.3 is 0 Å². The van der Waals surface area contributed by atoms with Crippen molar-refractivity contribution in [2.45, 2.75) is 69.3 Å². The van der Waals surface area contributed by atoms with Gasteiger partial charge in [-0.2, -0.15) is 5.26 Å². The second-order valence-corrected chi connectivity index (χ2v) is 7.89. The second kappa shape index (κ2) is 6.50. The molecule has 0 aromatic carbocycles. The summed E-state index contributed by atoms with van der Waals surface area (Å²) in [7, 11) is 0. The standard InChI is InChI=1S/C18H25NOS/c19-13-15-8-7-14(12-15)4-1-5-16(20)18(9-3-10-18)17-6-2-11-21-17/h2,6,11,14-16,20H,1,3-5,7-10,12H2/t14-,15+,16?/m0/s1. The number of hydrogen-bond acceptors (Lipinski definition) is 3. The summed E-state index contributed by atoms with van der Waals surface area (Å²) in [6, 6.07) is 6.71. The first-order valence-electron chi connectivity index (χ1n) is 8.36. The van der Waals surface area contributed by atoms with E-state index in [1.54, 1.807) is 11.3 Å². The fourth-order valence-corrected chi connectivity index (χ4v) is 5.23. The molecule has 1 N–H and O–H groups in total. The molecule has 0 amide bonds. The van der Waals surface area contributed by atoms with Crippen LogP contribution in [-0.4, -0.2) is 11.2 Å². The van der Waals surface area contributed by atoms with E-state index in [0.29, 0.717) is 5.92 Å². The first kappa shape index (κ1) is 15.1. The van der Waals surface area contributed by atoms with Gasteiger partial charge in [0.05, 0.1) is 12.2 Å². The van der Waals surface area contributed by atoms with E-state index in [9.17, 15) is 5.11 Å². The van der Waals surface area contributed by atoms with Gasteiger partial charge in [-0.05, 0) is 55.9 Å². The molecule has 2 aliphatic carbocycles. The van der Waals surface area contributed by atoms with Gasteiger partial charge < -0.3 is 5.11 Å². The number of nitriles is 1. The molecular weight excluding hydrogens is 278 g/mol. The van der Waals surface area contributed by atoms with Crippen molar-refractivity contribution in [3.05, 3.63) is 22.4 Å². The lowest BCUT2D eigenvalue weighted by atomic mass is 9.63. The summed E-state index contributed by atoms with van der Waals surface area (Å²) in [5.41, 5.74) is 0.0685. The third-order valence-corrected chi connectivity index (χ3v) is 6.80.